The molecule has 0 spiro atoms. The van der Waals surface area contributed by atoms with Gasteiger partial charge in [0.15, 0.2) is 0 Å². The molecule has 2 aromatic heterocycles. The lowest BCUT2D eigenvalue weighted by Gasteiger charge is -2.15. The Morgan fingerprint density at radius 2 is 2.07 bits per heavy atom. The third kappa shape index (κ3) is 2.37. The van der Waals surface area contributed by atoms with E-state index in [1.54, 1.807) is 17.7 Å². The fourth-order valence-electron chi connectivity index (χ4n) is 1.41. The summed E-state index contributed by atoms with van der Waals surface area (Å²) in [6.07, 6.45) is 7.09. The Bertz CT molecular complexity index is 387. The topological polar surface area (TPSA) is 50.7 Å². The zero-order chi connectivity index (χ0) is 10.5. The van der Waals surface area contributed by atoms with Crippen molar-refractivity contribution in [3.63, 3.8) is 0 Å². The Hall–Kier alpha value is -1.33. The van der Waals surface area contributed by atoms with Crippen LogP contribution in [0.5, 0.6) is 0 Å². The molecule has 0 amide bonds. The molecule has 0 aromatic carbocycles. The molecule has 1 unspecified atom stereocenters. The molecule has 5 heteroatoms. The van der Waals surface area contributed by atoms with Crippen molar-refractivity contribution in [3.8, 4) is 0 Å². The van der Waals surface area contributed by atoms with Crippen molar-refractivity contribution in [1.29, 1.82) is 0 Å². The second-order valence-corrected chi connectivity index (χ2v) is 3.98. The van der Waals surface area contributed by atoms with Gasteiger partial charge in [-0.05, 0) is 6.54 Å². The summed E-state index contributed by atoms with van der Waals surface area (Å²) in [7, 11) is 0. The van der Waals surface area contributed by atoms with Crippen molar-refractivity contribution in [1.82, 2.24) is 20.3 Å². The Kier molecular flexibility index (Phi) is 3.37. The fourth-order valence-corrected chi connectivity index (χ4v) is 2.14. The third-order valence-electron chi connectivity index (χ3n) is 2.06. The minimum atomic E-state index is 0.156. The van der Waals surface area contributed by atoms with Gasteiger partial charge < -0.3 is 5.32 Å². The Balaban J connectivity index is 2.28. The fraction of sp³-hybridized carbons (Fsp3) is 0.300. The van der Waals surface area contributed by atoms with E-state index in [9.17, 15) is 0 Å². The lowest BCUT2D eigenvalue weighted by molar-refractivity contribution is 0.634. The summed E-state index contributed by atoms with van der Waals surface area (Å²) in [6, 6.07) is 0.156. The molecular weight excluding hydrogens is 208 g/mol. The van der Waals surface area contributed by atoms with Crippen molar-refractivity contribution in [3.05, 3.63) is 40.9 Å². The average Bonchev–Trinajstić information content (AvgIpc) is 2.80. The maximum absolute atomic E-state index is 4.09. The summed E-state index contributed by atoms with van der Waals surface area (Å²) < 4.78 is 0. The predicted molar refractivity (Wildman–Crippen MR) is 59.7 cm³/mol. The van der Waals surface area contributed by atoms with Gasteiger partial charge in [0.25, 0.3) is 0 Å². The van der Waals surface area contributed by atoms with Crippen LogP contribution in [-0.2, 0) is 0 Å². The number of thiazole rings is 1. The van der Waals surface area contributed by atoms with Gasteiger partial charge in [-0.1, -0.05) is 6.92 Å². The van der Waals surface area contributed by atoms with E-state index >= 15 is 0 Å². The standard InChI is InChI=1S/C10H12N4S/c1-2-14-10(9-5-13-7-15-9)8-3-11-6-12-4-8/h3-7,10,14H,2H2,1H3. The summed E-state index contributed by atoms with van der Waals surface area (Å²) in [5.41, 5.74) is 2.91. The average molecular weight is 220 g/mol. The zero-order valence-electron chi connectivity index (χ0n) is 8.42. The Labute approximate surface area is 92.4 Å². The van der Waals surface area contributed by atoms with Crippen LogP contribution in [0.2, 0.25) is 0 Å². The van der Waals surface area contributed by atoms with Gasteiger partial charge in [-0.2, -0.15) is 0 Å². The van der Waals surface area contributed by atoms with Gasteiger partial charge in [0.1, 0.15) is 6.33 Å². The van der Waals surface area contributed by atoms with Crippen molar-refractivity contribution in [2.24, 2.45) is 0 Å². The van der Waals surface area contributed by atoms with Crippen LogP contribution >= 0.6 is 11.3 Å². The van der Waals surface area contributed by atoms with Crippen LogP contribution in [0.3, 0.4) is 0 Å². The largest absolute Gasteiger partial charge is 0.306 e. The maximum atomic E-state index is 4.09. The molecule has 4 nitrogen and oxygen atoms in total. The van der Waals surface area contributed by atoms with Crippen LogP contribution in [0.25, 0.3) is 0 Å². The maximum Gasteiger partial charge on any atom is 0.115 e. The number of aromatic nitrogens is 3. The first kappa shape index (κ1) is 10.2. The molecule has 2 rings (SSSR count). The van der Waals surface area contributed by atoms with Gasteiger partial charge >= 0.3 is 0 Å². The molecule has 15 heavy (non-hydrogen) atoms. The summed E-state index contributed by atoms with van der Waals surface area (Å²) >= 11 is 1.64. The van der Waals surface area contributed by atoms with E-state index in [-0.39, 0.29) is 6.04 Å². The molecule has 0 saturated carbocycles. The molecule has 78 valence electrons. The SMILES string of the molecule is CCNC(c1cncnc1)c1cncs1. The molecule has 1 atom stereocenters. The molecule has 2 aromatic rings. The summed E-state index contributed by atoms with van der Waals surface area (Å²) in [6.45, 7) is 2.98. The molecule has 2 heterocycles. The molecule has 0 aliphatic carbocycles. The molecule has 1 N–H and O–H groups in total. The number of hydrogen-bond donors (Lipinski definition) is 1. The van der Waals surface area contributed by atoms with Crippen LogP contribution in [-0.4, -0.2) is 21.5 Å². The second-order valence-electron chi connectivity index (χ2n) is 3.07. The Morgan fingerprint density at radius 3 is 2.67 bits per heavy atom. The van der Waals surface area contributed by atoms with Crippen LogP contribution < -0.4 is 5.32 Å². The van der Waals surface area contributed by atoms with Crippen LogP contribution in [0.1, 0.15) is 23.4 Å². The first-order valence-corrected chi connectivity index (χ1v) is 5.66. The minimum Gasteiger partial charge on any atom is -0.306 e. The molecule has 0 fully saturated rings. The summed E-state index contributed by atoms with van der Waals surface area (Å²) in [4.78, 5) is 13.3. The lowest BCUT2D eigenvalue weighted by atomic mass is 10.1. The summed E-state index contributed by atoms with van der Waals surface area (Å²) in [5.74, 6) is 0. The number of nitrogens with one attached hydrogen (secondary N) is 1. The van der Waals surface area contributed by atoms with E-state index in [2.05, 4.69) is 27.2 Å². The zero-order valence-corrected chi connectivity index (χ0v) is 9.24. The number of hydrogen-bond acceptors (Lipinski definition) is 5. The number of rotatable bonds is 4. The van der Waals surface area contributed by atoms with E-state index in [1.807, 2.05) is 24.1 Å². The predicted octanol–water partition coefficient (Wildman–Crippen LogP) is 1.63. The highest BCUT2D eigenvalue weighted by atomic mass is 32.1. The first-order chi connectivity index (χ1) is 7.42. The first-order valence-electron chi connectivity index (χ1n) is 4.78. The minimum absolute atomic E-state index is 0.156. The molecular formula is C10H12N4S. The van der Waals surface area contributed by atoms with Crippen LogP contribution in [0.15, 0.2) is 30.4 Å². The normalized spacial score (nSPS) is 12.6. The van der Waals surface area contributed by atoms with Gasteiger partial charge in [-0.15, -0.1) is 11.3 Å². The Morgan fingerprint density at radius 1 is 1.27 bits per heavy atom. The molecule has 0 aliphatic rings. The van der Waals surface area contributed by atoms with Gasteiger partial charge in [0.2, 0.25) is 0 Å². The monoisotopic (exact) mass is 220 g/mol. The van der Waals surface area contributed by atoms with Gasteiger partial charge in [0, 0.05) is 29.0 Å². The molecule has 0 aliphatic heterocycles. The van der Waals surface area contributed by atoms with Crippen LogP contribution in [0.4, 0.5) is 0 Å². The molecule has 0 radical (unpaired) electrons. The highest BCUT2D eigenvalue weighted by Crippen LogP contribution is 2.23. The van der Waals surface area contributed by atoms with Crippen molar-refractivity contribution in [2.45, 2.75) is 13.0 Å². The molecule has 0 bridgehead atoms. The van der Waals surface area contributed by atoms with Gasteiger partial charge in [0.05, 0.1) is 11.6 Å². The smallest absolute Gasteiger partial charge is 0.115 e. The van der Waals surface area contributed by atoms with Crippen molar-refractivity contribution < 1.29 is 0 Å². The van der Waals surface area contributed by atoms with E-state index < -0.39 is 0 Å². The van der Waals surface area contributed by atoms with E-state index in [4.69, 9.17) is 0 Å². The lowest BCUT2D eigenvalue weighted by Crippen LogP contribution is -2.21. The third-order valence-corrected chi connectivity index (χ3v) is 2.90. The van der Waals surface area contributed by atoms with Crippen molar-refractivity contribution in [2.75, 3.05) is 6.54 Å². The van der Waals surface area contributed by atoms with Crippen LogP contribution in [0, 0.1) is 0 Å². The quantitative estimate of drug-likeness (QED) is 0.851. The van der Waals surface area contributed by atoms with E-state index in [0.717, 1.165) is 12.1 Å². The number of nitrogens with zero attached hydrogens (tertiary/aromatic N) is 3. The van der Waals surface area contributed by atoms with E-state index in [1.165, 1.54) is 4.88 Å². The van der Waals surface area contributed by atoms with Crippen molar-refractivity contribution >= 4 is 11.3 Å². The second kappa shape index (κ2) is 4.95. The molecule has 0 saturated heterocycles. The van der Waals surface area contributed by atoms with Gasteiger partial charge in [-0.3, -0.25) is 4.98 Å². The summed E-state index contributed by atoms with van der Waals surface area (Å²) in [5, 5.41) is 3.39. The van der Waals surface area contributed by atoms with E-state index in [0.29, 0.717) is 0 Å². The highest BCUT2D eigenvalue weighted by molar-refractivity contribution is 7.09. The highest BCUT2D eigenvalue weighted by Gasteiger charge is 2.14. The van der Waals surface area contributed by atoms with Gasteiger partial charge in [-0.25, -0.2) is 9.97 Å².